The molecular weight excluding hydrogens is 284 g/mol. The summed E-state index contributed by atoms with van der Waals surface area (Å²) in [5.74, 6) is 1.10. The summed E-state index contributed by atoms with van der Waals surface area (Å²) in [6.07, 6.45) is 4.24. The lowest BCUT2D eigenvalue weighted by Gasteiger charge is -2.18. The van der Waals surface area contributed by atoms with Gasteiger partial charge in [0, 0.05) is 27.8 Å². The summed E-state index contributed by atoms with van der Waals surface area (Å²) in [7, 11) is 0. The molecule has 1 aromatic heterocycles. The highest BCUT2D eigenvalue weighted by molar-refractivity contribution is 7.99. The highest BCUT2D eigenvalue weighted by Gasteiger charge is 2.11. The summed E-state index contributed by atoms with van der Waals surface area (Å²) >= 11 is 3.70. The number of hydrogen-bond acceptors (Lipinski definition) is 4. The molecule has 0 fully saturated rings. The fourth-order valence-electron chi connectivity index (χ4n) is 2.03. The van der Waals surface area contributed by atoms with Crippen LogP contribution in [0.4, 0.5) is 0 Å². The Labute approximate surface area is 130 Å². The van der Waals surface area contributed by atoms with Gasteiger partial charge < -0.3 is 5.32 Å². The molecule has 0 aliphatic rings. The average molecular weight is 306 g/mol. The number of nitrogens with one attached hydrogen (secondary N) is 1. The Morgan fingerprint density at radius 1 is 1.35 bits per heavy atom. The maximum Gasteiger partial charge on any atom is 0.0794 e. The van der Waals surface area contributed by atoms with Crippen LogP contribution in [0.2, 0.25) is 0 Å². The van der Waals surface area contributed by atoms with Crippen molar-refractivity contribution < 1.29 is 0 Å². The van der Waals surface area contributed by atoms with Crippen LogP contribution >= 0.6 is 23.1 Å². The number of rotatable bonds is 8. The van der Waals surface area contributed by atoms with Crippen molar-refractivity contribution >= 4 is 23.1 Å². The molecule has 2 aromatic rings. The SMILES string of the molecule is CCCNC(CSc1ccccc1C)Cc1cncs1. The first-order valence-corrected chi connectivity index (χ1v) is 8.95. The van der Waals surface area contributed by atoms with Crippen molar-refractivity contribution in [2.24, 2.45) is 0 Å². The lowest BCUT2D eigenvalue weighted by molar-refractivity contribution is 0.553. The summed E-state index contributed by atoms with van der Waals surface area (Å²) < 4.78 is 0. The highest BCUT2D eigenvalue weighted by Crippen LogP contribution is 2.23. The molecule has 0 saturated carbocycles. The molecule has 0 amide bonds. The van der Waals surface area contributed by atoms with Crippen molar-refractivity contribution in [2.45, 2.75) is 37.6 Å². The molecule has 1 atom stereocenters. The second-order valence-corrected chi connectivity index (χ2v) is 6.93. The number of nitrogens with zero attached hydrogens (tertiary/aromatic N) is 1. The van der Waals surface area contributed by atoms with Gasteiger partial charge in [0.2, 0.25) is 0 Å². The summed E-state index contributed by atoms with van der Waals surface area (Å²) in [5, 5.41) is 3.66. The van der Waals surface area contributed by atoms with Crippen LogP contribution in [0.1, 0.15) is 23.8 Å². The van der Waals surface area contributed by atoms with E-state index in [0.29, 0.717) is 6.04 Å². The lowest BCUT2D eigenvalue weighted by atomic mass is 10.2. The molecule has 1 unspecified atom stereocenters. The smallest absolute Gasteiger partial charge is 0.0794 e. The Bertz CT molecular complexity index is 497. The van der Waals surface area contributed by atoms with Crippen molar-refractivity contribution in [3.8, 4) is 0 Å². The third-order valence-electron chi connectivity index (χ3n) is 3.15. The largest absolute Gasteiger partial charge is 0.313 e. The minimum Gasteiger partial charge on any atom is -0.313 e. The number of aryl methyl sites for hydroxylation is 1. The van der Waals surface area contributed by atoms with Gasteiger partial charge in [-0.1, -0.05) is 25.1 Å². The topological polar surface area (TPSA) is 24.9 Å². The first kappa shape index (κ1) is 15.5. The third-order valence-corrected chi connectivity index (χ3v) is 5.29. The zero-order chi connectivity index (χ0) is 14.2. The number of benzene rings is 1. The standard InChI is InChI=1S/C16H22N2S2/c1-3-8-18-14(9-15-10-17-12-20-15)11-19-16-7-5-4-6-13(16)2/h4-7,10,12,14,18H,3,8-9,11H2,1-2H3. The molecule has 0 aliphatic carbocycles. The van der Waals surface area contributed by atoms with E-state index in [-0.39, 0.29) is 0 Å². The predicted molar refractivity (Wildman–Crippen MR) is 89.8 cm³/mol. The first-order valence-electron chi connectivity index (χ1n) is 7.08. The van der Waals surface area contributed by atoms with Gasteiger partial charge in [-0.15, -0.1) is 23.1 Å². The molecule has 0 saturated heterocycles. The van der Waals surface area contributed by atoms with Crippen molar-refractivity contribution in [1.82, 2.24) is 10.3 Å². The zero-order valence-electron chi connectivity index (χ0n) is 12.1. The average Bonchev–Trinajstić information content (AvgIpc) is 2.96. The third kappa shape index (κ3) is 4.93. The van der Waals surface area contributed by atoms with Gasteiger partial charge in [-0.2, -0.15) is 0 Å². The van der Waals surface area contributed by atoms with E-state index in [1.54, 1.807) is 11.3 Å². The molecule has 2 nitrogen and oxygen atoms in total. The van der Waals surface area contributed by atoms with Crippen LogP contribution in [0.3, 0.4) is 0 Å². The van der Waals surface area contributed by atoms with Crippen LogP contribution in [0.15, 0.2) is 40.9 Å². The lowest BCUT2D eigenvalue weighted by Crippen LogP contribution is -2.33. The Balaban J connectivity index is 1.91. The molecule has 2 rings (SSSR count). The van der Waals surface area contributed by atoms with E-state index >= 15 is 0 Å². The first-order chi connectivity index (χ1) is 9.79. The van der Waals surface area contributed by atoms with Crippen molar-refractivity contribution in [3.63, 3.8) is 0 Å². The monoisotopic (exact) mass is 306 g/mol. The van der Waals surface area contributed by atoms with E-state index in [4.69, 9.17) is 0 Å². The van der Waals surface area contributed by atoms with Crippen LogP contribution < -0.4 is 5.32 Å². The van der Waals surface area contributed by atoms with Gasteiger partial charge in [0.05, 0.1) is 5.51 Å². The van der Waals surface area contributed by atoms with Gasteiger partial charge in [-0.05, 0) is 37.9 Å². The van der Waals surface area contributed by atoms with E-state index in [9.17, 15) is 0 Å². The minimum atomic E-state index is 0.514. The van der Waals surface area contributed by atoms with Gasteiger partial charge in [-0.25, -0.2) is 0 Å². The van der Waals surface area contributed by atoms with Crippen molar-refractivity contribution in [3.05, 3.63) is 46.4 Å². The van der Waals surface area contributed by atoms with Gasteiger partial charge >= 0.3 is 0 Å². The molecular formula is C16H22N2S2. The number of hydrogen-bond donors (Lipinski definition) is 1. The Kier molecular flexibility index (Phi) is 6.57. The van der Waals surface area contributed by atoms with E-state index in [1.807, 2.05) is 23.5 Å². The molecule has 0 radical (unpaired) electrons. The molecule has 1 heterocycles. The molecule has 20 heavy (non-hydrogen) atoms. The zero-order valence-corrected chi connectivity index (χ0v) is 13.8. The Morgan fingerprint density at radius 2 is 2.20 bits per heavy atom. The van der Waals surface area contributed by atoms with E-state index in [1.165, 1.54) is 21.8 Å². The molecule has 0 aliphatic heterocycles. The predicted octanol–water partition coefficient (Wildman–Crippen LogP) is 4.15. The molecule has 0 bridgehead atoms. The second-order valence-electron chi connectivity index (χ2n) is 4.90. The van der Waals surface area contributed by atoms with Crippen molar-refractivity contribution in [2.75, 3.05) is 12.3 Å². The molecule has 1 N–H and O–H groups in total. The maximum absolute atomic E-state index is 4.17. The molecule has 1 aromatic carbocycles. The fourth-order valence-corrected chi connectivity index (χ4v) is 3.80. The van der Waals surface area contributed by atoms with Gasteiger partial charge in [0.1, 0.15) is 0 Å². The van der Waals surface area contributed by atoms with Crippen LogP contribution in [-0.2, 0) is 6.42 Å². The van der Waals surface area contributed by atoms with Gasteiger partial charge in [-0.3, -0.25) is 4.98 Å². The maximum atomic E-state index is 4.17. The molecule has 4 heteroatoms. The Morgan fingerprint density at radius 3 is 2.90 bits per heavy atom. The number of thioether (sulfide) groups is 1. The van der Waals surface area contributed by atoms with Gasteiger partial charge in [0.15, 0.2) is 0 Å². The normalized spacial score (nSPS) is 12.5. The fraction of sp³-hybridized carbons (Fsp3) is 0.438. The quantitative estimate of drug-likeness (QED) is 0.742. The highest BCUT2D eigenvalue weighted by atomic mass is 32.2. The summed E-state index contributed by atoms with van der Waals surface area (Å²) in [4.78, 5) is 6.93. The summed E-state index contributed by atoms with van der Waals surface area (Å²) in [6.45, 7) is 5.48. The van der Waals surface area contributed by atoms with Crippen LogP contribution in [0.5, 0.6) is 0 Å². The van der Waals surface area contributed by atoms with Crippen molar-refractivity contribution in [1.29, 1.82) is 0 Å². The molecule has 0 spiro atoms. The van der Waals surface area contributed by atoms with Crippen LogP contribution in [0, 0.1) is 6.92 Å². The van der Waals surface area contributed by atoms with Gasteiger partial charge in [0.25, 0.3) is 0 Å². The summed E-state index contributed by atoms with van der Waals surface area (Å²) in [6, 6.07) is 9.13. The summed E-state index contributed by atoms with van der Waals surface area (Å²) in [5.41, 5.74) is 3.28. The van der Waals surface area contributed by atoms with Crippen LogP contribution in [0.25, 0.3) is 0 Å². The second kappa shape index (κ2) is 8.45. The Hall–Kier alpha value is -0.840. The number of aromatic nitrogens is 1. The minimum absolute atomic E-state index is 0.514. The van der Waals surface area contributed by atoms with E-state index in [2.05, 4.69) is 48.4 Å². The molecule has 108 valence electrons. The van der Waals surface area contributed by atoms with Crippen LogP contribution in [-0.4, -0.2) is 23.3 Å². The van der Waals surface area contributed by atoms with E-state index < -0.39 is 0 Å². The number of thiazole rings is 1. The van der Waals surface area contributed by atoms with E-state index in [0.717, 1.165) is 18.7 Å².